The van der Waals surface area contributed by atoms with Crippen molar-refractivity contribution in [2.75, 3.05) is 29.2 Å². The largest absolute Gasteiger partial charge is 0.497 e. The lowest BCUT2D eigenvalue weighted by Crippen LogP contribution is -2.25. The zero-order valence-corrected chi connectivity index (χ0v) is 18.3. The second-order valence-corrected chi connectivity index (χ2v) is 7.93. The number of fused-ring (bicyclic) bond motifs is 1. The van der Waals surface area contributed by atoms with Crippen molar-refractivity contribution in [1.82, 2.24) is 14.6 Å². The summed E-state index contributed by atoms with van der Waals surface area (Å²) in [6.07, 6.45) is 3.01. The lowest BCUT2D eigenvalue weighted by Gasteiger charge is -2.26. The number of carbonyl (C=O) groups excluding carboxylic acids is 1. The van der Waals surface area contributed by atoms with Crippen molar-refractivity contribution in [1.29, 1.82) is 0 Å². The number of aromatic nitrogens is 3. The molecule has 0 aliphatic carbocycles. The maximum Gasteiger partial charge on any atom is 0.324 e. The third-order valence-corrected chi connectivity index (χ3v) is 5.80. The molecule has 2 N–H and O–H groups in total. The van der Waals surface area contributed by atoms with E-state index in [1.807, 2.05) is 4.90 Å². The van der Waals surface area contributed by atoms with Gasteiger partial charge < -0.3 is 15.0 Å². The minimum atomic E-state index is -0.476. The van der Waals surface area contributed by atoms with Crippen LogP contribution in [0.3, 0.4) is 0 Å². The number of carbonyl (C=O) groups is 1. The van der Waals surface area contributed by atoms with E-state index in [9.17, 15) is 13.6 Å². The molecule has 0 bridgehead atoms. The molecule has 1 aliphatic heterocycles. The number of anilines is 3. The average molecular weight is 464 g/mol. The number of methoxy groups -OCH3 is 1. The number of halogens is 2. The number of rotatable bonds is 5. The molecule has 1 saturated heterocycles. The number of urea groups is 1. The van der Waals surface area contributed by atoms with Crippen LogP contribution in [0.25, 0.3) is 5.65 Å². The van der Waals surface area contributed by atoms with Gasteiger partial charge >= 0.3 is 6.03 Å². The van der Waals surface area contributed by atoms with Gasteiger partial charge in [-0.25, -0.2) is 18.6 Å². The number of nitrogens with one attached hydrogen (secondary N) is 2. The Morgan fingerprint density at radius 3 is 2.71 bits per heavy atom. The number of ether oxygens (including phenoxy) is 1. The molecule has 0 spiro atoms. The summed E-state index contributed by atoms with van der Waals surface area (Å²) in [5.74, 6) is 0.712. The number of hydrogen-bond acceptors (Lipinski definition) is 5. The third-order valence-electron chi connectivity index (χ3n) is 5.80. The van der Waals surface area contributed by atoms with Crippen LogP contribution in [0, 0.1) is 11.6 Å². The van der Waals surface area contributed by atoms with Crippen LogP contribution in [0.5, 0.6) is 5.75 Å². The van der Waals surface area contributed by atoms with Crippen molar-refractivity contribution in [2.24, 2.45) is 0 Å². The first-order valence-electron chi connectivity index (χ1n) is 10.8. The zero-order chi connectivity index (χ0) is 23.7. The van der Waals surface area contributed by atoms with E-state index in [0.29, 0.717) is 47.2 Å². The summed E-state index contributed by atoms with van der Waals surface area (Å²) in [6, 6.07) is 13.2. The number of hydrogen-bond donors (Lipinski definition) is 2. The van der Waals surface area contributed by atoms with Crippen LogP contribution in [0.15, 0.2) is 60.8 Å². The molecule has 1 fully saturated rings. The molecule has 1 atom stereocenters. The van der Waals surface area contributed by atoms with E-state index in [1.165, 1.54) is 16.8 Å². The van der Waals surface area contributed by atoms with Gasteiger partial charge in [-0.15, -0.1) is 5.10 Å². The number of amides is 2. The number of benzene rings is 2. The molecule has 8 nitrogen and oxygen atoms in total. The molecule has 1 aliphatic rings. The van der Waals surface area contributed by atoms with Crippen molar-refractivity contribution in [3.05, 3.63) is 78.0 Å². The van der Waals surface area contributed by atoms with Gasteiger partial charge in [-0.2, -0.15) is 4.52 Å². The van der Waals surface area contributed by atoms with Gasteiger partial charge in [0.05, 0.1) is 19.3 Å². The molecule has 2 amide bonds. The maximum absolute atomic E-state index is 14.5. The fourth-order valence-corrected chi connectivity index (χ4v) is 4.19. The second kappa shape index (κ2) is 8.97. The Labute approximate surface area is 194 Å². The molecule has 5 rings (SSSR count). The van der Waals surface area contributed by atoms with Crippen LogP contribution in [0.1, 0.15) is 24.4 Å². The lowest BCUT2D eigenvalue weighted by atomic mass is 10.0. The Kier molecular flexibility index (Phi) is 5.70. The standard InChI is InChI=1S/C24H22F2N6O2/c1-34-17-7-5-16(6-8-17)28-24(33)29-23-14-27-21-10-11-22(30-32(21)23)31-12-2-3-20(31)18-13-15(25)4-9-19(18)26/h4-11,13-14,20H,2-3,12H2,1H3,(H2,28,29,33). The molecule has 3 heterocycles. The fourth-order valence-electron chi connectivity index (χ4n) is 4.19. The van der Waals surface area contributed by atoms with Crippen molar-refractivity contribution >= 4 is 29.0 Å². The van der Waals surface area contributed by atoms with Crippen molar-refractivity contribution < 1.29 is 18.3 Å². The second-order valence-electron chi connectivity index (χ2n) is 7.93. The van der Waals surface area contributed by atoms with Gasteiger partial charge in [-0.3, -0.25) is 5.32 Å². The van der Waals surface area contributed by atoms with Crippen LogP contribution in [0.4, 0.5) is 30.9 Å². The molecular formula is C24H22F2N6O2. The highest BCUT2D eigenvalue weighted by atomic mass is 19.1. The molecular weight excluding hydrogens is 442 g/mol. The number of imidazole rings is 1. The lowest BCUT2D eigenvalue weighted by molar-refractivity contribution is 0.262. The monoisotopic (exact) mass is 464 g/mol. The molecule has 4 aromatic rings. The summed E-state index contributed by atoms with van der Waals surface area (Å²) in [4.78, 5) is 18.7. The van der Waals surface area contributed by atoms with E-state index in [-0.39, 0.29) is 6.04 Å². The van der Waals surface area contributed by atoms with Crippen LogP contribution in [-0.4, -0.2) is 34.3 Å². The Morgan fingerprint density at radius 1 is 1.09 bits per heavy atom. The summed E-state index contributed by atoms with van der Waals surface area (Å²) >= 11 is 0. The van der Waals surface area contributed by atoms with Gasteiger partial charge in [0.15, 0.2) is 11.5 Å². The quantitative estimate of drug-likeness (QED) is 0.434. The van der Waals surface area contributed by atoms with Gasteiger partial charge in [-0.05, 0) is 67.4 Å². The highest BCUT2D eigenvalue weighted by Crippen LogP contribution is 2.36. The van der Waals surface area contributed by atoms with E-state index < -0.39 is 17.7 Å². The highest BCUT2D eigenvalue weighted by Gasteiger charge is 2.30. The van der Waals surface area contributed by atoms with Gasteiger partial charge in [-0.1, -0.05) is 0 Å². The highest BCUT2D eigenvalue weighted by molar-refractivity contribution is 5.99. The van der Waals surface area contributed by atoms with E-state index in [1.54, 1.807) is 43.5 Å². The Balaban J connectivity index is 1.38. The van der Waals surface area contributed by atoms with E-state index in [4.69, 9.17) is 4.74 Å². The smallest absolute Gasteiger partial charge is 0.324 e. The van der Waals surface area contributed by atoms with Crippen LogP contribution < -0.4 is 20.3 Å². The van der Waals surface area contributed by atoms with Crippen molar-refractivity contribution in [3.8, 4) is 5.75 Å². The SMILES string of the molecule is COc1ccc(NC(=O)Nc2cnc3ccc(N4CCCC4c4cc(F)ccc4F)nn23)cc1. The van der Waals surface area contributed by atoms with Crippen LogP contribution >= 0.6 is 0 Å². The van der Waals surface area contributed by atoms with E-state index >= 15 is 0 Å². The summed E-state index contributed by atoms with van der Waals surface area (Å²) in [6.45, 7) is 0.647. The molecule has 1 unspecified atom stereocenters. The normalized spacial score (nSPS) is 15.5. The van der Waals surface area contributed by atoms with Gasteiger partial charge in [0.1, 0.15) is 23.2 Å². The predicted octanol–water partition coefficient (Wildman–Crippen LogP) is 5.00. The predicted molar refractivity (Wildman–Crippen MR) is 124 cm³/mol. The Hall–Kier alpha value is -4.21. The molecule has 2 aromatic heterocycles. The molecule has 0 radical (unpaired) electrons. The Bertz CT molecular complexity index is 1340. The first-order valence-corrected chi connectivity index (χ1v) is 10.8. The topological polar surface area (TPSA) is 83.8 Å². The van der Waals surface area contributed by atoms with Crippen molar-refractivity contribution in [2.45, 2.75) is 18.9 Å². The molecule has 10 heteroatoms. The molecule has 2 aromatic carbocycles. The summed E-state index contributed by atoms with van der Waals surface area (Å²) in [5.41, 5.74) is 1.44. The van der Waals surface area contributed by atoms with Crippen LogP contribution in [0.2, 0.25) is 0 Å². The van der Waals surface area contributed by atoms with Gasteiger partial charge in [0.25, 0.3) is 0 Å². The third kappa shape index (κ3) is 4.21. The summed E-state index contributed by atoms with van der Waals surface area (Å²) in [7, 11) is 1.57. The molecule has 174 valence electrons. The van der Waals surface area contributed by atoms with Gasteiger partial charge in [0, 0.05) is 17.8 Å². The molecule has 34 heavy (non-hydrogen) atoms. The minimum Gasteiger partial charge on any atom is -0.497 e. The first kappa shape index (κ1) is 21.6. The maximum atomic E-state index is 14.5. The Morgan fingerprint density at radius 2 is 1.91 bits per heavy atom. The van der Waals surface area contributed by atoms with Crippen LogP contribution in [-0.2, 0) is 0 Å². The molecule has 0 saturated carbocycles. The number of nitrogens with zero attached hydrogens (tertiary/aromatic N) is 4. The minimum absolute atomic E-state index is 0.308. The summed E-state index contributed by atoms with van der Waals surface area (Å²) < 4.78 is 34.9. The average Bonchev–Trinajstić information content (AvgIpc) is 3.48. The fraction of sp³-hybridized carbons (Fsp3) is 0.208. The van der Waals surface area contributed by atoms with Crippen molar-refractivity contribution in [3.63, 3.8) is 0 Å². The van der Waals surface area contributed by atoms with E-state index in [0.717, 1.165) is 18.6 Å². The van der Waals surface area contributed by atoms with E-state index in [2.05, 4.69) is 20.7 Å². The first-order chi connectivity index (χ1) is 16.5. The summed E-state index contributed by atoms with van der Waals surface area (Å²) in [5, 5.41) is 10.1. The zero-order valence-electron chi connectivity index (χ0n) is 18.3. The van der Waals surface area contributed by atoms with Gasteiger partial charge in [0.2, 0.25) is 0 Å².